The zero-order chi connectivity index (χ0) is 15.6. The largest absolute Gasteiger partial charge is 0.345 e. The molecule has 0 radical (unpaired) electrons. The van der Waals surface area contributed by atoms with E-state index in [1.165, 1.54) is 18.3 Å². The van der Waals surface area contributed by atoms with Crippen molar-refractivity contribution >= 4 is 25.6 Å². The third kappa shape index (κ3) is 3.62. The molecule has 6 nitrogen and oxygen atoms in total. The number of amides is 1. The molecule has 1 unspecified atom stereocenters. The first kappa shape index (κ1) is 15.5. The van der Waals surface area contributed by atoms with E-state index >= 15 is 0 Å². The van der Waals surface area contributed by atoms with Gasteiger partial charge in [0.1, 0.15) is 0 Å². The fourth-order valence-corrected chi connectivity index (χ4v) is 2.63. The minimum atomic E-state index is -3.74. The van der Waals surface area contributed by atoms with Gasteiger partial charge < -0.3 is 5.32 Å². The quantitative estimate of drug-likeness (QED) is 0.841. The van der Waals surface area contributed by atoms with E-state index in [4.69, 9.17) is 10.7 Å². The Kier molecular flexibility index (Phi) is 4.34. The van der Waals surface area contributed by atoms with Gasteiger partial charge in [-0.15, -0.1) is 0 Å². The minimum Gasteiger partial charge on any atom is -0.345 e. The predicted molar refractivity (Wildman–Crippen MR) is 78.7 cm³/mol. The average Bonchev–Trinajstić information content (AvgIpc) is 2.84. The van der Waals surface area contributed by atoms with Gasteiger partial charge in [0.2, 0.25) is 0 Å². The summed E-state index contributed by atoms with van der Waals surface area (Å²) in [4.78, 5) is 12.1. The number of carbonyl (C=O) groups is 1. The van der Waals surface area contributed by atoms with Gasteiger partial charge in [-0.2, -0.15) is 5.10 Å². The minimum absolute atomic E-state index is 0.0251. The summed E-state index contributed by atoms with van der Waals surface area (Å²) in [5.74, 6) is -0.247. The van der Waals surface area contributed by atoms with Crippen molar-refractivity contribution in [2.45, 2.75) is 24.8 Å². The summed E-state index contributed by atoms with van der Waals surface area (Å²) in [5.41, 5.74) is 1.93. The van der Waals surface area contributed by atoms with Gasteiger partial charge in [0.15, 0.2) is 0 Å². The standard InChI is InChI=1S/C13H14ClN3O3S/c1-8(16-13(18)12-7-15-17-9(12)2)10-3-5-11(6-4-10)21(14,19)20/h3-8H,1-2H3,(H,15,17)(H,16,18). The second kappa shape index (κ2) is 5.87. The van der Waals surface area contributed by atoms with E-state index in [1.54, 1.807) is 26.0 Å². The number of aryl methyl sites for hydroxylation is 1. The van der Waals surface area contributed by atoms with E-state index in [0.717, 1.165) is 5.56 Å². The van der Waals surface area contributed by atoms with E-state index in [-0.39, 0.29) is 16.8 Å². The highest BCUT2D eigenvalue weighted by atomic mass is 35.7. The second-order valence-electron chi connectivity index (χ2n) is 4.61. The summed E-state index contributed by atoms with van der Waals surface area (Å²) < 4.78 is 22.3. The average molecular weight is 328 g/mol. The van der Waals surface area contributed by atoms with Gasteiger partial charge in [-0.05, 0) is 31.5 Å². The van der Waals surface area contributed by atoms with Gasteiger partial charge in [-0.1, -0.05) is 12.1 Å². The van der Waals surface area contributed by atoms with E-state index in [0.29, 0.717) is 11.3 Å². The molecule has 0 aliphatic rings. The van der Waals surface area contributed by atoms with Gasteiger partial charge in [0.05, 0.1) is 22.7 Å². The number of hydrogen-bond donors (Lipinski definition) is 2. The Hall–Kier alpha value is -1.86. The smallest absolute Gasteiger partial charge is 0.261 e. The van der Waals surface area contributed by atoms with Crippen LogP contribution in [0.1, 0.15) is 34.6 Å². The van der Waals surface area contributed by atoms with Gasteiger partial charge in [0, 0.05) is 16.4 Å². The van der Waals surface area contributed by atoms with Crippen LogP contribution in [0.15, 0.2) is 35.4 Å². The highest BCUT2D eigenvalue weighted by Gasteiger charge is 2.15. The molecule has 0 saturated heterocycles. The Morgan fingerprint density at radius 2 is 1.95 bits per heavy atom. The number of benzene rings is 1. The fraction of sp³-hybridized carbons (Fsp3) is 0.231. The molecule has 0 bridgehead atoms. The lowest BCUT2D eigenvalue weighted by Gasteiger charge is -2.14. The van der Waals surface area contributed by atoms with Gasteiger partial charge in [-0.3, -0.25) is 9.89 Å². The first-order chi connectivity index (χ1) is 9.79. The summed E-state index contributed by atoms with van der Waals surface area (Å²) in [6.07, 6.45) is 1.46. The fourth-order valence-electron chi connectivity index (χ4n) is 1.86. The molecule has 112 valence electrons. The molecule has 8 heteroatoms. The van der Waals surface area contributed by atoms with Crippen molar-refractivity contribution < 1.29 is 13.2 Å². The SMILES string of the molecule is Cc1[nH]ncc1C(=O)NC(C)c1ccc(S(=O)(=O)Cl)cc1. The molecule has 0 spiro atoms. The third-order valence-corrected chi connectivity index (χ3v) is 4.45. The summed E-state index contributed by atoms with van der Waals surface area (Å²) in [6, 6.07) is 5.76. The van der Waals surface area contributed by atoms with Crippen molar-refractivity contribution in [3.05, 3.63) is 47.3 Å². The van der Waals surface area contributed by atoms with Crippen LogP contribution >= 0.6 is 10.7 Å². The normalized spacial score (nSPS) is 12.9. The van der Waals surface area contributed by atoms with E-state index < -0.39 is 9.05 Å². The van der Waals surface area contributed by atoms with E-state index in [2.05, 4.69) is 15.5 Å². The topological polar surface area (TPSA) is 91.9 Å². The molecule has 0 aliphatic carbocycles. The van der Waals surface area contributed by atoms with Crippen LogP contribution in [-0.4, -0.2) is 24.5 Å². The molecule has 21 heavy (non-hydrogen) atoms. The van der Waals surface area contributed by atoms with Crippen LogP contribution in [0.5, 0.6) is 0 Å². The lowest BCUT2D eigenvalue weighted by Crippen LogP contribution is -2.26. The van der Waals surface area contributed by atoms with Crippen molar-refractivity contribution in [2.75, 3.05) is 0 Å². The molecule has 2 aromatic rings. The number of aromatic nitrogens is 2. The molecule has 0 fully saturated rings. The van der Waals surface area contributed by atoms with Crippen molar-refractivity contribution in [3.8, 4) is 0 Å². The van der Waals surface area contributed by atoms with Crippen LogP contribution in [-0.2, 0) is 9.05 Å². The number of carbonyl (C=O) groups excluding carboxylic acids is 1. The monoisotopic (exact) mass is 327 g/mol. The van der Waals surface area contributed by atoms with Crippen LogP contribution in [0.4, 0.5) is 0 Å². The first-order valence-corrected chi connectivity index (χ1v) is 8.45. The number of halogens is 1. The number of nitrogens with one attached hydrogen (secondary N) is 2. The van der Waals surface area contributed by atoms with E-state index in [9.17, 15) is 13.2 Å². The van der Waals surface area contributed by atoms with Crippen molar-refractivity contribution in [1.29, 1.82) is 0 Å². The lowest BCUT2D eigenvalue weighted by atomic mass is 10.1. The Morgan fingerprint density at radius 1 is 1.33 bits per heavy atom. The molecule has 1 aromatic carbocycles. The molecule has 1 heterocycles. The summed E-state index contributed by atoms with van der Waals surface area (Å²) in [7, 11) is 1.51. The number of nitrogens with zero attached hydrogens (tertiary/aromatic N) is 1. The highest BCUT2D eigenvalue weighted by Crippen LogP contribution is 2.19. The molecule has 1 amide bonds. The van der Waals surface area contributed by atoms with E-state index in [1.807, 2.05) is 0 Å². The van der Waals surface area contributed by atoms with Crippen LogP contribution in [0, 0.1) is 6.92 Å². The van der Waals surface area contributed by atoms with Crippen LogP contribution in [0.2, 0.25) is 0 Å². The van der Waals surface area contributed by atoms with Crippen LogP contribution < -0.4 is 5.32 Å². The van der Waals surface area contributed by atoms with Crippen molar-refractivity contribution in [3.63, 3.8) is 0 Å². The molecule has 0 saturated carbocycles. The molecule has 2 rings (SSSR count). The number of rotatable bonds is 4. The molecule has 1 aromatic heterocycles. The molecular weight excluding hydrogens is 314 g/mol. The molecule has 2 N–H and O–H groups in total. The predicted octanol–water partition coefficient (Wildman–Crippen LogP) is 2.14. The zero-order valence-corrected chi connectivity index (χ0v) is 13.0. The highest BCUT2D eigenvalue weighted by molar-refractivity contribution is 8.13. The number of aromatic amines is 1. The van der Waals surface area contributed by atoms with Crippen LogP contribution in [0.25, 0.3) is 0 Å². The third-order valence-electron chi connectivity index (χ3n) is 3.08. The van der Waals surface area contributed by atoms with Crippen molar-refractivity contribution in [2.24, 2.45) is 0 Å². The van der Waals surface area contributed by atoms with Gasteiger partial charge >= 0.3 is 0 Å². The maximum Gasteiger partial charge on any atom is 0.261 e. The first-order valence-electron chi connectivity index (χ1n) is 6.14. The Balaban J connectivity index is 2.12. The van der Waals surface area contributed by atoms with Gasteiger partial charge in [-0.25, -0.2) is 8.42 Å². The molecular formula is C13H14ClN3O3S. The maximum atomic E-state index is 12.0. The summed E-state index contributed by atoms with van der Waals surface area (Å²) in [6.45, 7) is 3.56. The molecule has 1 atom stereocenters. The summed E-state index contributed by atoms with van der Waals surface area (Å²) >= 11 is 0. The van der Waals surface area contributed by atoms with Crippen molar-refractivity contribution in [1.82, 2.24) is 15.5 Å². The number of hydrogen-bond acceptors (Lipinski definition) is 4. The second-order valence-corrected chi connectivity index (χ2v) is 7.18. The maximum absolute atomic E-state index is 12.0. The Bertz CT molecular complexity index is 753. The lowest BCUT2D eigenvalue weighted by molar-refractivity contribution is 0.0939. The Morgan fingerprint density at radius 3 is 2.43 bits per heavy atom. The summed E-state index contributed by atoms with van der Waals surface area (Å²) in [5, 5.41) is 9.30. The molecule has 0 aliphatic heterocycles. The van der Waals surface area contributed by atoms with Gasteiger partial charge in [0.25, 0.3) is 15.0 Å². The Labute approximate surface area is 126 Å². The zero-order valence-electron chi connectivity index (χ0n) is 11.4. The van der Waals surface area contributed by atoms with Crippen LogP contribution in [0.3, 0.4) is 0 Å². The number of H-pyrrole nitrogens is 1.